The first-order valence-electron chi connectivity index (χ1n) is 8.54. The molecule has 1 N–H and O–H groups in total. The van der Waals surface area contributed by atoms with E-state index in [1.54, 1.807) is 23.3 Å². The van der Waals surface area contributed by atoms with Crippen molar-refractivity contribution < 1.29 is 0 Å². The van der Waals surface area contributed by atoms with Crippen LogP contribution >= 0.6 is 0 Å². The van der Waals surface area contributed by atoms with Gasteiger partial charge < -0.3 is 0 Å². The van der Waals surface area contributed by atoms with Crippen molar-refractivity contribution >= 4 is 5.65 Å². The van der Waals surface area contributed by atoms with Crippen molar-refractivity contribution in [3.63, 3.8) is 0 Å². The molecule has 0 amide bonds. The monoisotopic (exact) mass is 348 g/mol. The average molecular weight is 348 g/mol. The zero-order valence-electron chi connectivity index (χ0n) is 15.2. The van der Waals surface area contributed by atoms with Gasteiger partial charge in [0.1, 0.15) is 0 Å². The van der Waals surface area contributed by atoms with Crippen molar-refractivity contribution in [3.05, 3.63) is 64.1 Å². The van der Waals surface area contributed by atoms with Crippen LogP contribution in [0.3, 0.4) is 0 Å². The van der Waals surface area contributed by atoms with Gasteiger partial charge in [-0.1, -0.05) is 19.9 Å². The topological polar surface area (TPSA) is 80.9 Å². The third-order valence-electron chi connectivity index (χ3n) is 4.49. The minimum Gasteiger partial charge on any atom is -0.296 e. The number of pyridine rings is 1. The Kier molecular flexibility index (Phi) is 3.72. The van der Waals surface area contributed by atoms with Crippen LogP contribution in [0.1, 0.15) is 36.6 Å². The molecule has 7 nitrogen and oxygen atoms in total. The first-order chi connectivity index (χ1) is 12.5. The predicted octanol–water partition coefficient (Wildman–Crippen LogP) is 3.01. The van der Waals surface area contributed by atoms with E-state index < -0.39 is 0 Å². The Balaban J connectivity index is 1.83. The van der Waals surface area contributed by atoms with E-state index in [2.05, 4.69) is 20.2 Å². The molecule has 0 aliphatic heterocycles. The molecule has 26 heavy (non-hydrogen) atoms. The van der Waals surface area contributed by atoms with Gasteiger partial charge in [-0.05, 0) is 31.4 Å². The summed E-state index contributed by atoms with van der Waals surface area (Å²) in [5.74, 6) is 0.860. The molecule has 7 heteroatoms. The summed E-state index contributed by atoms with van der Waals surface area (Å²) in [7, 11) is 0. The molecule has 132 valence electrons. The highest BCUT2D eigenvalue weighted by molar-refractivity contribution is 5.76. The third kappa shape index (κ3) is 2.52. The Bertz CT molecular complexity index is 1150. The molecule has 0 saturated heterocycles. The standard InChI is InChI=1S/C19H20N6O/c1-11(2)17-13(4)23-18-15(9-22-25(18)19(17)26)14-8-21-24(10-14)16-6-5-12(3)7-20-16/h5-11,22H,1-4H3. The maximum atomic E-state index is 12.8. The summed E-state index contributed by atoms with van der Waals surface area (Å²) in [6, 6.07) is 3.91. The molecule has 0 aromatic carbocycles. The molecule has 0 unspecified atom stereocenters. The van der Waals surface area contributed by atoms with Crippen LogP contribution in [0.2, 0.25) is 0 Å². The fourth-order valence-electron chi connectivity index (χ4n) is 3.19. The molecule has 4 aromatic rings. The summed E-state index contributed by atoms with van der Waals surface area (Å²) >= 11 is 0. The summed E-state index contributed by atoms with van der Waals surface area (Å²) in [4.78, 5) is 21.8. The highest BCUT2D eigenvalue weighted by atomic mass is 16.1. The first-order valence-corrected chi connectivity index (χ1v) is 8.54. The summed E-state index contributed by atoms with van der Waals surface area (Å²) < 4.78 is 3.21. The number of nitrogens with zero attached hydrogens (tertiary/aromatic N) is 5. The van der Waals surface area contributed by atoms with E-state index in [1.165, 1.54) is 4.52 Å². The largest absolute Gasteiger partial charge is 0.296 e. The first kappa shape index (κ1) is 16.3. The number of fused-ring (bicyclic) bond motifs is 1. The fraction of sp³-hybridized carbons (Fsp3) is 0.263. The zero-order valence-corrected chi connectivity index (χ0v) is 15.2. The maximum absolute atomic E-state index is 12.8. The number of H-pyrrole nitrogens is 1. The number of rotatable bonds is 3. The average Bonchev–Trinajstić information content (AvgIpc) is 3.22. The van der Waals surface area contributed by atoms with Crippen molar-refractivity contribution in [2.24, 2.45) is 0 Å². The Morgan fingerprint density at radius 3 is 2.65 bits per heavy atom. The number of aromatic nitrogens is 6. The normalized spacial score (nSPS) is 11.6. The quantitative estimate of drug-likeness (QED) is 0.617. The molecule has 0 bridgehead atoms. The lowest BCUT2D eigenvalue weighted by Crippen LogP contribution is -2.22. The molecule has 0 aliphatic rings. The minimum absolute atomic E-state index is 0.0543. The molecule has 0 aliphatic carbocycles. The van der Waals surface area contributed by atoms with Gasteiger partial charge in [-0.3, -0.25) is 9.89 Å². The molecule has 0 saturated carbocycles. The highest BCUT2D eigenvalue weighted by Crippen LogP contribution is 2.24. The lowest BCUT2D eigenvalue weighted by atomic mass is 10.0. The smallest absolute Gasteiger partial charge is 0.276 e. The summed E-state index contributed by atoms with van der Waals surface area (Å²) in [6.07, 6.45) is 7.23. The van der Waals surface area contributed by atoms with Crippen LogP contribution in [0, 0.1) is 13.8 Å². The van der Waals surface area contributed by atoms with Gasteiger partial charge in [-0.25, -0.2) is 19.2 Å². The van der Waals surface area contributed by atoms with E-state index in [1.807, 2.05) is 46.0 Å². The molecule has 4 aromatic heterocycles. The van der Waals surface area contributed by atoms with Gasteiger partial charge in [0.05, 0.1) is 6.20 Å². The lowest BCUT2D eigenvalue weighted by molar-refractivity contribution is 0.780. The molecular weight excluding hydrogens is 328 g/mol. The second-order valence-corrected chi connectivity index (χ2v) is 6.78. The van der Waals surface area contributed by atoms with Crippen molar-refractivity contribution in [2.75, 3.05) is 0 Å². The van der Waals surface area contributed by atoms with Crippen molar-refractivity contribution in [2.45, 2.75) is 33.6 Å². The Morgan fingerprint density at radius 1 is 1.15 bits per heavy atom. The summed E-state index contributed by atoms with van der Waals surface area (Å²) in [6.45, 7) is 7.88. The zero-order chi connectivity index (χ0) is 18.4. The molecule has 4 rings (SSSR count). The summed E-state index contributed by atoms with van der Waals surface area (Å²) in [5, 5.41) is 7.42. The number of nitrogens with one attached hydrogen (secondary N) is 1. The van der Waals surface area contributed by atoms with Crippen molar-refractivity contribution in [3.8, 4) is 16.9 Å². The fourth-order valence-corrected chi connectivity index (χ4v) is 3.19. The molecule has 0 spiro atoms. The van der Waals surface area contributed by atoms with Crippen LogP contribution in [-0.4, -0.2) is 29.4 Å². The van der Waals surface area contributed by atoms with Gasteiger partial charge in [-0.2, -0.15) is 5.10 Å². The number of aromatic amines is 1. The second-order valence-electron chi connectivity index (χ2n) is 6.78. The van der Waals surface area contributed by atoms with Gasteiger partial charge in [-0.15, -0.1) is 0 Å². The van der Waals surface area contributed by atoms with E-state index in [-0.39, 0.29) is 11.5 Å². The van der Waals surface area contributed by atoms with Crippen molar-refractivity contribution in [1.82, 2.24) is 29.4 Å². The van der Waals surface area contributed by atoms with Crippen LogP contribution in [-0.2, 0) is 0 Å². The van der Waals surface area contributed by atoms with E-state index in [0.29, 0.717) is 5.65 Å². The van der Waals surface area contributed by atoms with Crippen LogP contribution in [0.5, 0.6) is 0 Å². The van der Waals surface area contributed by atoms with Crippen molar-refractivity contribution in [1.29, 1.82) is 0 Å². The molecule has 4 heterocycles. The molecule has 0 atom stereocenters. The number of hydrogen-bond acceptors (Lipinski definition) is 4. The lowest BCUT2D eigenvalue weighted by Gasteiger charge is -2.08. The Labute approximate surface area is 150 Å². The SMILES string of the molecule is Cc1ccc(-n2cc(-c3c[nH]n4c(=O)c(C(C)C)c(C)nc34)cn2)nc1. The number of aryl methyl sites for hydroxylation is 2. The predicted molar refractivity (Wildman–Crippen MR) is 99.7 cm³/mol. The molecular formula is C19H20N6O. The third-order valence-corrected chi connectivity index (χ3v) is 4.49. The Hall–Kier alpha value is -3.22. The van der Waals surface area contributed by atoms with Crippen LogP contribution in [0.15, 0.2) is 41.7 Å². The van der Waals surface area contributed by atoms with Gasteiger partial charge in [0.2, 0.25) is 0 Å². The Morgan fingerprint density at radius 2 is 1.96 bits per heavy atom. The molecule has 0 radical (unpaired) electrons. The van der Waals surface area contributed by atoms with Crippen LogP contribution in [0.25, 0.3) is 22.6 Å². The summed E-state index contributed by atoms with van der Waals surface area (Å²) in [5.41, 5.74) is 4.84. The van der Waals surface area contributed by atoms with E-state index in [4.69, 9.17) is 0 Å². The van der Waals surface area contributed by atoms with Gasteiger partial charge in [0.15, 0.2) is 11.5 Å². The van der Waals surface area contributed by atoms with Gasteiger partial charge >= 0.3 is 0 Å². The van der Waals surface area contributed by atoms with E-state index in [0.717, 1.165) is 33.8 Å². The van der Waals surface area contributed by atoms with Crippen LogP contribution < -0.4 is 5.56 Å². The van der Waals surface area contributed by atoms with E-state index in [9.17, 15) is 4.79 Å². The second kappa shape index (κ2) is 5.94. The van der Waals surface area contributed by atoms with Crippen LogP contribution in [0.4, 0.5) is 0 Å². The maximum Gasteiger partial charge on any atom is 0.276 e. The highest BCUT2D eigenvalue weighted by Gasteiger charge is 2.17. The minimum atomic E-state index is -0.0543. The van der Waals surface area contributed by atoms with Gasteiger partial charge in [0, 0.05) is 41.0 Å². The van der Waals surface area contributed by atoms with Gasteiger partial charge in [0.25, 0.3) is 5.56 Å². The number of hydrogen-bond donors (Lipinski definition) is 1. The molecule has 0 fully saturated rings. The van der Waals surface area contributed by atoms with E-state index >= 15 is 0 Å².